The number of para-hydroxylation sites is 1. The van der Waals surface area contributed by atoms with Crippen LogP contribution in [0, 0.1) is 0 Å². The van der Waals surface area contributed by atoms with E-state index in [1.165, 1.54) is 38.5 Å². The van der Waals surface area contributed by atoms with Gasteiger partial charge >= 0.3 is 0 Å². The van der Waals surface area contributed by atoms with Crippen molar-refractivity contribution in [3.05, 3.63) is 30.3 Å². The van der Waals surface area contributed by atoms with E-state index in [2.05, 4.69) is 6.92 Å². The molecule has 0 aromatic heterocycles. The van der Waals surface area contributed by atoms with Crippen LogP contribution >= 0.6 is 12.4 Å². The Morgan fingerprint density at radius 2 is 1.50 bits per heavy atom. The highest BCUT2D eigenvalue weighted by molar-refractivity contribution is 5.85. The fraction of sp³-hybridized carbons (Fsp3) is 0.571. The third-order valence-electron chi connectivity index (χ3n) is 2.51. The molecule has 0 atom stereocenters. The van der Waals surface area contributed by atoms with Crippen LogP contribution in [0.3, 0.4) is 0 Å². The number of rotatable bonds is 8. The highest BCUT2D eigenvalue weighted by atomic mass is 35.5. The zero-order valence-electron chi connectivity index (χ0n) is 10.2. The largest absolute Gasteiger partial charge is 0.494 e. The minimum absolute atomic E-state index is 0. The summed E-state index contributed by atoms with van der Waals surface area (Å²) in [7, 11) is 0. The predicted molar refractivity (Wildman–Crippen MR) is 72.6 cm³/mol. The standard InChI is InChI=1S/C14H22O.ClH/c1-2-3-4-5-6-10-13-15-14-11-8-7-9-12-14;/h7-9,11-12H,2-6,10,13H2,1H3;1H. The maximum Gasteiger partial charge on any atom is 0.119 e. The molecule has 1 aromatic rings. The average molecular weight is 243 g/mol. The van der Waals surface area contributed by atoms with E-state index < -0.39 is 0 Å². The molecule has 0 spiro atoms. The molecule has 0 aliphatic rings. The molecule has 0 saturated carbocycles. The molecule has 0 radical (unpaired) electrons. The van der Waals surface area contributed by atoms with Crippen molar-refractivity contribution in [3.8, 4) is 5.75 Å². The van der Waals surface area contributed by atoms with Crippen molar-refractivity contribution in [2.75, 3.05) is 6.61 Å². The third-order valence-corrected chi connectivity index (χ3v) is 2.51. The third kappa shape index (κ3) is 7.58. The van der Waals surface area contributed by atoms with E-state index in [-0.39, 0.29) is 12.4 Å². The summed E-state index contributed by atoms with van der Waals surface area (Å²) in [5.74, 6) is 0.992. The van der Waals surface area contributed by atoms with Crippen molar-refractivity contribution >= 4 is 12.4 Å². The zero-order chi connectivity index (χ0) is 10.8. The monoisotopic (exact) mass is 242 g/mol. The summed E-state index contributed by atoms with van der Waals surface area (Å²) in [5, 5.41) is 0. The molecule has 1 nitrogen and oxygen atoms in total. The first-order valence-electron chi connectivity index (χ1n) is 6.11. The SMILES string of the molecule is CCCCCCCCOc1ccccc1.Cl. The van der Waals surface area contributed by atoms with Crippen molar-refractivity contribution in [2.45, 2.75) is 45.4 Å². The fourth-order valence-electron chi connectivity index (χ4n) is 1.59. The van der Waals surface area contributed by atoms with Gasteiger partial charge in [-0.25, -0.2) is 0 Å². The molecule has 16 heavy (non-hydrogen) atoms. The number of unbranched alkanes of at least 4 members (excludes halogenated alkanes) is 5. The van der Waals surface area contributed by atoms with E-state index in [1.54, 1.807) is 0 Å². The van der Waals surface area contributed by atoms with E-state index in [1.807, 2.05) is 30.3 Å². The van der Waals surface area contributed by atoms with Crippen molar-refractivity contribution in [2.24, 2.45) is 0 Å². The number of benzene rings is 1. The molecule has 0 amide bonds. The van der Waals surface area contributed by atoms with E-state index >= 15 is 0 Å². The Labute approximate surface area is 106 Å². The lowest BCUT2D eigenvalue weighted by Crippen LogP contribution is -1.96. The summed E-state index contributed by atoms with van der Waals surface area (Å²) in [6, 6.07) is 10.1. The predicted octanol–water partition coefficient (Wildman–Crippen LogP) is 4.85. The lowest BCUT2D eigenvalue weighted by Gasteiger charge is -2.05. The van der Waals surface area contributed by atoms with Gasteiger partial charge in [-0.1, -0.05) is 57.2 Å². The minimum Gasteiger partial charge on any atom is -0.494 e. The van der Waals surface area contributed by atoms with Crippen LogP contribution < -0.4 is 4.74 Å². The molecule has 1 rings (SSSR count). The summed E-state index contributed by atoms with van der Waals surface area (Å²) in [4.78, 5) is 0. The molecular weight excluding hydrogens is 220 g/mol. The molecule has 0 N–H and O–H groups in total. The van der Waals surface area contributed by atoms with Gasteiger partial charge in [-0.2, -0.15) is 0 Å². The second kappa shape index (κ2) is 10.8. The van der Waals surface area contributed by atoms with Gasteiger partial charge < -0.3 is 4.74 Å². The maximum atomic E-state index is 5.61. The van der Waals surface area contributed by atoms with E-state index in [4.69, 9.17) is 4.74 Å². The van der Waals surface area contributed by atoms with Crippen LogP contribution in [-0.4, -0.2) is 6.61 Å². The fourth-order valence-corrected chi connectivity index (χ4v) is 1.59. The van der Waals surface area contributed by atoms with E-state index in [0.717, 1.165) is 12.4 Å². The molecule has 92 valence electrons. The molecule has 0 aliphatic heterocycles. The lowest BCUT2D eigenvalue weighted by atomic mass is 10.1. The minimum atomic E-state index is 0. The normalized spacial score (nSPS) is 9.56. The van der Waals surface area contributed by atoms with E-state index in [9.17, 15) is 0 Å². The van der Waals surface area contributed by atoms with Crippen molar-refractivity contribution in [3.63, 3.8) is 0 Å². The summed E-state index contributed by atoms with van der Waals surface area (Å²) >= 11 is 0. The van der Waals surface area contributed by atoms with Crippen molar-refractivity contribution in [1.82, 2.24) is 0 Å². The molecule has 0 aliphatic carbocycles. The van der Waals surface area contributed by atoms with Gasteiger partial charge in [-0.15, -0.1) is 12.4 Å². The molecule has 2 heteroatoms. The second-order valence-electron chi connectivity index (χ2n) is 3.93. The smallest absolute Gasteiger partial charge is 0.119 e. The Hall–Kier alpha value is -0.690. The Bertz CT molecular complexity index is 236. The average Bonchev–Trinajstić information content (AvgIpc) is 2.29. The summed E-state index contributed by atoms with van der Waals surface area (Å²) in [5.41, 5.74) is 0. The van der Waals surface area contributed by atoms with Gasteiger partial charge in [0.25, 0.3) is 0 Å². The molecule has 0 unspecified atom stereocenters. The van der Waals surface area contributed by atoms with Crippen LogP contribution in [-0.2, 0) is 0 Å². The second-order valence-corrected chi connectivity index (χ2v) is 3.93. The molecule has 0 fully saturated rings. The maximum absolute atomic E-state index is 5.61. The molecule has 1 aromatic carbocycles. The molecule has 0 heterocycles. The summed E-state index contributed by atoms with van der Waals surface area (Å²) < 4.78 is 5.61. The number of halogens is 1. The number of hydrogen-bond donors (Lipinski definition) is 0. The van der Waals surface area contributed by atoms with Gasteiger partial charge in [-0.05, 0) is 18.6 Å². The molecule has 0 bridgehead atoms. The Balaban J connectivity index is 0.00000225. The summed E-state index contributed by atoms with van der Waals surface area (Å²) in [6.07, 6.45) is 7.90. The quantitative estimate of drug-likeness (QED) is 0.593. The zero-order valence-corrected chi connectivity index (χ0v) is 11.0. The Morgan fingerprint density at radius 3 is 2.19 bits per heavy atom. The Morgan fingerprint density at radius 1 is 0.875 bits per heavy atom. The first-order chi connectivity index (χ1) is 7.43. The van der Waals surface area contributed by atoms with Crippen LogP contribution in [0.15, 0.2) is 30.3 Å². The van der Waals surface area contributed by atoms with Gasteiger partial charge in [0.2, 0.25) is 0 Å². The lowest BCUT2D eigenvalue weighted by molar-refractivity contribution is 0.304. The highest BCUT2D eigenvalue weighted by Gasteiger charge is 1.92. The van der Waals surface area contributed by atoms with Gasteiger partial charge in [-0.3, -0.25) is 0 Å². The van der Waals surface area contributed by atoms with Crippen molar-refractivity contribution in [1.29, 1.82) is 0 Å². The Kier molecular flexibility index (Phi) is 10.3. The topological polar surface area (TPSA) is 9.23 Å². The molecule has 0 saturated heterocycles. The van der Waals surface area contributed by atoms with E-state index in [0.29, 0.717) is 0 Å². The first-order valence-corrected chi connectivity index (χ1v) is 6.11. The number of ether oxygens (including phenoxy) is 1. The van der Waals surface area contributed by atoms with Crippen LogP contribution in [0.1, 0.15) is 45.4 Å². The van der Waals surface area contributed by atoms with Crippen LogP contribution in [0.5, 0.6) is 5.75 Å². The molecular formula is C14H23ClO. The van der Waals surface area contributed by atoms with Gasteiger partial charge in [0.15, 0.2) is 0 Å². The van der Waals surface area contributed by atoms with Gasteiger partial charge in [0.05, 0.1) is 6.61 Å². The van der Waals surface area contributed by atoms with Crippen molar-refractivity contribution < 1.29 is 4.74 Å². The number of hydrogen-bond acceptors (Lipinski definition) is 1. The first kappa shape index (κ1) is 15.3. The van der Waals surface area contributed by atoms with Gasteiger partial charge in [0.1, 0.15) is 5.75 Å². The van der Waals surface area contributed by atoms with Crippen LogP contribution in [0.25, 0.3) is 0 Å². The summed E-state index contributed by atoms with van der Waals surface area (Å²) in [6.45, 7) is 3.11. The van der Waals surface area contributed by atoms with Crippen LogP contribution in [0.4, 0.5) is 0 Å². The van der Waals surface area contributed by atoms with Gasteiger partial charge in [0, 0.05) is 0 Å². The van der Waals surface area contributed by atoms with Crippen LogP contribution in [0.2, 0.25) is 0 Å². The highest BCUT2D eigenvalue weighted by Crippen LogP contribution is 2.10.